The van der Waals surface area contributed by atoms with E-state index in [0.29, 0.717) is 18.0 Å². The largest absolute Gasteiger partial charge is 0.493 e. The van der Waals surface area contributed by atoms with Crippen molar-refractivity contribution < 1.29 is 14.4 Å². The molecule has 0 fully saturated rings. The van der Waals surface area contributed by atoms with E-state index in [1.165, 1.54) is 23.5 Å². The molecule has 168 valence electrons. The number of methoxy groups -OCH3 is 2. The molecule has 0 radical (unpaired) electrons. The van der Waals surface area contributed by atoms with Crippen LogP contribution >= 0.6 is 11.3 Å². The third kappa shape index (κ3) is 5.09. The predicted octanol–water partition coefficient (Wildman–Crippen LogP) is 5.01. The van der Waals surface area contributed by atoms with Gasteiger partial charge in [-0.2, -0.15) is 0 Å². The Morgan fingerprint density at radius 2 is 1.88 bits per heavy atom. The Hall–Kier alpha value is -3.98. The molecule has 0 unspecified atom stereocenters. The van der Waals surface area contributed by atoms with Crippen LogP contribution in [0.4, 0.5) is 11.4 Å². The van der Waals surface area contributed by atoms with Gasteiger partial charge in [-0.3, -0.25) is 15.1 Å². The number of pyridine rings is 1. The number of aryl methyl sites for hydroxylation is 1. The van der Waals surface area contributed by atoms with E-state index in [2.05, 4.69) is 9.55 Å². The van der Waals surface area contributed by atoms with Gasteiger partial charge in [-0.1, -0.05) is 6.07 Å². The first-order valence-corrected chi connectivity index (χ1v) is 11.1. The molecule has 0 amide bonds. The third-order valence-corrected chi connectivity index (χ3v) is 5.98. The van der Waals surface area contributed by atoms with Crippen LogP contribution in [0.25, 0.3) is 11.3 Å². The zero-order valence-electron chi connectivity index (χ0n) is 18.2. The van der Waals surface area contributed by atoms with Gasteiger partial charge in [0, 0.05) is 30.3 Å². The van der Waals surface area contributed by atoms with Gasteiger partial charge in [-0.25, -0.2) is 4.99 Å². The van der Waals surface area contributed by atoms with E-state index in [1.807, 2.05) is 35.7 Å². The minimum absolute atomic E-state index is 0.0612. The van der Waals surface area contributed by atoms with Crippen LogP contribution in [0, 0.1) is 10.1 Å². The van der Waals surface area contributed by atoms with Crippen LogP contribution in [0.1, 0.15) is 5.56 Å². The number of nitrogens with zero attached hydrogens (tertiary/aromatic N) is 4. The molecule has 33 heavy (non-hydrogen) atoms. The molecular weight excluding hydrogens is 440 g/mol. The van der Waals surface area contributed by atoms with Crippen molar-refractivity contribution in [2.24, 2.45) is 4.99 Å². The fraction of sp³-hybridized carbons (Fsp3) is 0.167. The number of nitro groups is 1. The first-order valence-electron chi connectivity index (χ1n) is 10.2. The number of ether oxygens (including phenoxy) is 2. The number of benzene rings is 2. The van der Waals surface area contributed by atoms with Gasteiger partial charge < -0.3 is 14.0 Å². The van der Waals surface area contributed by atoms with Crippen molar-refractivity contribution in [1.29, 1.82) is 0 Å². The van der Waals surface area contributed by atoms with Crippen LogP contribution in [0.15, 0.2) is 77.4 Å². The summed E-state index contributed by atoms with van der Waals surface area (Å²) in [5, 5.41) is 13.1. The number of aromatic nitrogens is 2. The van der Waals surface area contributed by atoms with Crippen LogP contribution in [-0.4, -0.2) is 28.7 Å². The predicted molar refractivity (Wildman–Crippen MR) is 127 cm³/mol. The molecule has 0 saturated heterocycles. The molecule has 4 aromatic rings. The van der Waals surface area contributed by atoms with Gasteiger partial charge in [-0.05, 0) is 53.9 Å². The molecule has 9 heteroatoms. The Kier molecular flexibility index (Phi) is 6.80. The van der Waals surface area contributed by atoms with E-state index >= 15 is 0 Å². The van der Waals surface area contributed by atoms with Crippen molar-refractivity contribution in [2.45, 2.75) is 13.0 Å². The molecule has 4 rings (SSSR count). The molecule has 0 bridgehead atoms. The quantitative estimate of drug-likeness (QED) is 0.271. The molecule has 2 aromatic carbocycles. The summed E-state index contributed by atoms with van der Waals surface area (Å²) in [6, 6.07) is 16.2. The number of non-ortho nitro benzene ring substituents is 1. The summed E-state index contributed by atoms with van der Waals surface area (Å²) in [5.74, 6) is 1.37. The highest BCUT2D eigenvalue weighted by Crippen LogP contribution is 2.28. The third-order valence-electron chi connectivity index (χ3n) is 5.11. The smallest absolute Gasteiger partial charge is 0.269 e. The highest BCUT2D eigenvalue weighted by atomic mass is 32.1. The van der Waals surface area contributed by atoms with Crippen molar-refractivity contribution in [3.05, 3.63) is 92.9 Å². The summed E-state index contributed by atoms with van der Waals surface area (Å²) >= 11 is 1.52. The SMILES string of the molecule is COc1ccc(CCn2c(-c3ccc([N+](=O)[O-])cc3)csc2=Nc2cccnc2)cc1OC. The summed E-state index contributed by atoms with van der Waals surface area (Å²) in [4.78, 5) is 20.4. The molecular formula is C24H22N4O4S. The fourth-order valence-electron chi connectivity index (χ4n) is 3.43. The summed E-state index contributed by atoms with van der Waals surface area (Å²) in [6.07, 6.45) is 4.15. The minimum atomic E-state index is -0.397. The molecule has 0 atom stereocenters. The molecule has 8 nitrogen and oxygen atoms in total. The molecule has 0 saturated carbocycles. The molecule has 0 aliphatic heterocycles. The first kappa shape index (κ1) is 22.2. The van der Waals surface area contributed by atoms with Gasteiger partial charge in [0.2, 0.25) is 0 Å². The van der Waals surface area contributed by atoms with Gasteiger partial charge in [-0.15, -0.1) is 11.3 Å². The molecule has 0 aliphatic carbocycles. The Morgan fingerprint density at radius 1 is 1.09 bits per heavy atom. The van der Waals surface area contributed by atoms with Crippen molar-refractivity contribution in [3.8, 4) is 22.8 Å². The standard InChI is InChI=1S/C24H22N4O4S/c1-31-22-10-5-17(14-23(22)32-2)11-13-27-21(18-6-8-20(9-7-18)28(29)30)16-33-24(27)26-19-4-3-12-25-15-19/h3-10,12,14-16H,11,13H2,1-2H3. The molecule has 2 aromatic heterocycles. The maximum Gasteiger partial charge on any atom is 0.269 e. The lowest BCUT2D eigenvalue weighted by atomic mass is 10.1. The lowest BCUT2D eigenvalue weighted by Gasteiger charge is -2.12. The monoisotopic (exact) mass is 462 g/mol. The molecule has 0 spiro atoms. The summed E-state index contributed by atoms with van der Waals surface area (Å²) < 4.78 is 12.9. The first-order chi connectivity index (χ1) is 16.1. The van der Waals surface area contributed by atoms with Crippen LogP contribution in [0.5, 0.6) is 11.5 Å². The maximum absolute atomic E-state index is 11.0. The van der Waals surface area contributed by atoms with Gasteiger partial charge in [0.1, 0.15) is 0 Å². The van der Waals surface area contributed by atoms with Crippen molar-refractivity contribution >= 4 is 22.7 Å². The van der Waals surface area contributed by atoms with E-state index < -0.39 is 4.92 Å². The Labute approximate surface area is 194 Å². The van der Waals surface area contributed by atoms with E-state index in [4.69, 9.17) is 14.5 Å². The molecule has 2 heterocycles. The topological polar surface area (TPSA) is 91.8 Å². The summed E-state index contributed by atoms with van der Waals surface area (Å²) in [7, 11) is 3.23. The van der Waals surface area contributed by atoms with Crippen molar-refractivity contribution in [2.75, 3.05) is 14.2 Å². The average Bonchev–Trinajstić information content (AvgIpc) is 3.25. The van der Waals surface area contributed by atoms with Crippen molar-refractivity contribution in [1.82, 2.24) is 9.55 Å². The Balaban J connectivity index is 1.71. The number of thiazole rings is 1. The highest BCUT2D eigenvalue weighted by molar-refractivity contribution is 7.07. The second-order valence-electron chi connectivity index (χ2n) is 7.12. The summed E-state index contributed by atoms with van der Waals surface area (Å²) in [6.45, 7) is 0.657. The number of hydrogen-bond acceptors (Lipinski definition) is 7. The van der Waals surface area contributed by atoms with Crippen LogP contribution in [-0.2, 0) is 13.0 Å². The minimum Gasteiger partial charge on any atom is -0.493 e. The highest BCUT2D eigenvalue weighted by Gasteiger charge is 2.12. The zero-order valence-corrected chi connectivity index (χ0v) is 19.0. The normalized spacial score (nSPS) is 11.4. The number of hydrogen-bond donors (Lipinski definition) is 0. The summed E-state index contributed by atoms with van der Waals surface area (Å²) in [5.41, 5.74) is 3.74. The fourth-order valence-corrected chi connectivity index (χ4v) is 4.38. The molecule has 0 N–H and O–H groups in total. The second-order valence-corrected chi connectivity index (χ2v) is 7.96. The number of nitro benzene ring substituents is 1. The van der Waals surface area contributed by atoms with Gasteiger partial charge >= 0.3 is 0 Å². The van der Waals surface area contributed by atoms with Gasteiger partial charge in [0.25, 0.3) is 5.69 Å². The van der Waals surface area contributed by atoms with Crippen LogP contribution < -0.4 is 14.3 Å². The second kappa shape index (κ2) is 10.1. The van der Waals surface area contributed by atoms with Crippen LogP contribution in [0.3, 0.4) is 0 Å². The van der Waals surface area contributed by atoms with E-state index in [-0.39, 0.29) is 5.69 Å². The van der Waals surface area contributed by atoms with E-state index in [9.17, 15) is 10.1 Å². The molecule has 0 aliphatic rings. The zero-order chi connectivity index (χ0) is 23.2. The van der Waals surface area contributed by atoms with Gasteiger partial charge in [0.15, 0.2) is 16.3 Å². The Morgan fingerprint density at radius 3 is 2.55 bits per heavy atom. The average molecular weight is 463 g/mol. The Bertz CT molecular complexity index is 1310. The lowest BCUT2D eigenvalue weighted by molar-refractivity contribution is -0.384. The number of rotatable bonds is 8. The van der Waals surface area contributed by atoms with E-state index in [0.717, 1.165) is 33.7 Å². The maximum atomic E-state index is 11.0. The van der Waals surface area contributed by atoms with Gasteiger partial charge in [0.05, 0.1) is 36.7 Å². The lowest BCUT2D eigenvalue weighted by Crippen LogP contribution is -2.17. The van der Waals surface area contributed by atoms with Crippen molar-refractivity contribution in [3.63, 3.8) is 0 Å². The van der Waals surface area contributed by atoms with Crippen LogP contribution in [0.2, 0.25) is 0 Å². The van der Waals surface area contributed by atoms with E-state index in [1.54, 1.807) is 38.7 Å².